The van der Waals surface area contributed by atoms with Crippen molar-refractivity contribution >= 4 is 17.5 Å². The Kier molecular flexibility index (Phi) is 7.78. The molecule has 2 amide bonds. The average Bonchev–Trinajstić information content (AvgIpc) is 3.44. The summed E-state index contributed by atoms with van der Waals surface area (Å²) in [5, 5.41) is 15.2. The molecule has 1 atom stereocenters. The SMILES string of the molecule is CCC(C(=O)NC(C)(C)C)N(C(=O)Cn1nnc(-c2ccc(C)o2)n1)c1ccc(OC)cc1OC. The highest BCUT2D eigenvalue weighted by atomic mass is 16.5. The number of benzene rings is 1. The van der Waals surface area contributed by atoms with Crippen LogP contribution >= 0.6 is 0 Å². The van der Waals surface area contributed by atoms with E-state index in [0.717, 1.165) is 0 Å². The van der Waals surface area contributed by atoms with Crippen molar-refractivity contribution in [1.82, 2.24) is 25.5 Å². The van der Waals surface area contributed by atoms with Crippen LogP contribution in [0.3, 0.4) is 0 Å². The summed E-state index contributed by atoms with van der Waals surface area (Å²) >= 11 is 0. The van der Waals surface area contributed by atoms with E-state index < -0.39 is 17.5 Å². The van der Waals surface area contributed by atoms with E-state index in [1.54, 1.807) is 30.3 Å². The molecule has 1 unspecified atom stereocenters. The second-order valence-corrected chi connectivity index (χ2v) is 9.02. The largest absolute Gasteiger partial charge is 0.497 e. The summed E-state index contributed by atoms with van der Waals surface area (Å²) in [6.45, 7) is 9.05. The number of aryl methyl sites for hydroxylation is 1. The third kappa shape index (κ3) is 6.17. The molecule has 0 fully saturated rings. The monoisotopic (exact) mass is 484 g/mol. The summed E-state index contributed by atoms with van der Waals surface area (Å²) in [5.74, 6) is 1.66. The van der Waals surface area contributed by atoms with Gasteiger partial charge >= 0.3 is 0 Å². The van der Waals surface area contributed by atoms with Gasteiger partial charge in [-0.15, -0.1) is 10.2 Å². The van der Waals surface area contributed by atoms with E-state index in [-0.39, 0.29) is 18.3 Å². The van der Waals surface area contributed by atoms with Crippen LogP contribution in [0, 0.1) is 6.92 Å². The maximum Gasteiger partial charge on any atom is 0.251 e. The normalized spacial score (nSPS) is 12.2. The van der Waals surface area contributed by atoms with Crippen LogP contribution in [0.2, 0.25) is 0 Å². The van der Waals surface area contributed by atoms with Crippen LogP contribution in [0.4, 0.5) is 5.69 Å². The molecule has 1 aromatic carbocycles. The van der Waals surface area contributed by atoms with Crippen molar-refractivity contribution in [2.45, 2.75) is 59.2 Å². The molecular formula is C24H32N6O5. The molecular weight excluding hydrogens is 452 g/mol. The topological polar surface area (TPSA) is 125 Å². The van der Waals surface area contributed by atoms with Crippen molar-refractivity contribution in [2.24, 2.45) is 0 Å². The van der Waals surface area contributed by atoms with Crippen LogP contribution in [0.1, 0.15) is 39.9 Å². The number of carbonyl (C=O) groups is 2. The number of aromatic nitrogens is 4. The number of hydrogen-bond acceptors (Lipinski definition) is 8. The number of rotatable bonds is 9. The van der Waals surface area contributed by atoms with Crippen molar-refractivity contribution in [1.29, 1.82) is 0 Å². The molecule has 0 spiro atoms. The van der Waals surface area contributed by atoms with Gasteiger partial charge in [-0.1, -0.05) is 6.92 Å². The Bertz CT molecular complexity index is 1180. The van der Waals surface area contributed by atoms with E-state index >= 15 is 0 Å². The highest BCUT2D eigenvalue weighted by Crippen LogP contribution is 2.34. The van der Waals surface area contributed by atoms with E-state index in [2.05, 4.69) is 20.7 Å². The number of amides is 2. The fourth-order valence-electron chi connectivity index (χ4n) is 3.56. The van der Waals surface area contributed by atoms with Crippen molar-refractivity contribution < 1.29 is 23.5 Å². The lowest BCUT2D eigenvalue weighted by atomic mass is 10.1. The molecule has 0 saturated carbocycles. The minimum absolute atomic E-state index is 0.249. The predicted octanol–water partition coefficient (Wildman–Crippen LogP) is 2.99. The first-order valence-corrected chi connectivity index (χ1v) is 11.3. The van der Waals surface area contributed by atoms with Crippen molar-refractivity contribution in [3.05, 3.63) is 36.1 Å². The second-order valence-electron chi connectivity index (χ2n) is 9.02. The van der Waals surface area contributed by atoms with Crippen LogP contribution in [0.25, 0.3) is 11.6 Å². The zero-order valence-electron chi connectivity index (χ0n) is 21.2. The van der Waals surface area contributed by atoms with Crippen LogP contribution in [-0.2, 0) is 16.1 Å². The van der Waals surface area contributed by atoms with Gasteiger partial charge in [0.2, 0.25) is 11.7 Å². The van der Waals surface area contributed by atoms with Crippen molar-refractivity contribution in [3.8, 4) is 23.1 Å². The van der Waals surface area contributed by atoms with Gasteiger partial charge in [0, 0.05) is 11.6 Å². The molecule has 11 nitrogen and oxygen atoms in total. The summed E-state index contributed by atoms with van der Waals surface area (Å²) in [6.07, 6.45) is 0.366. The van der Waals surface area contributed by atoms with Crippen LogP contribution < -0.4 is 19.7 Å². The van der Waals surface area contributed by atoms with Gasteiger partial charge < -0.3 is 19.2 Å². The molecule has 0 aliphatic rings. The van der Waals surface area contributed by atoms with Crippen LogP contribution in [0.15, 0.2) is 34.7 Å². The molecule has 2 heterocycles. The number of nitrogens with one attached hydrogen (secondary N) is 1. The lowest BCUT2D eigenvalue weighted by molar-refractivity contribution is -0.128. The standard InChI is InChI=1S/C24H32N6O5/c1-8-17(23(32)25-24(3,4)5)30(18-11-10-16(33-6)13-20(18)34-7)21(31)14-29-27-22(26-28-29)19-12-9-15(2)35-19/h9-13,17H,8,14H2,1-7H3,(H,25,32). The van der Waals surface area contributed by atoms with E-state index in [0.29, 0.717) is 35.1 Å². The Hall–Kier alpha value is -3.89. The summed E-state index contributed by atoms with van der Waals surface area (Å²) < 4.78 is 16.4. The number of methoxy groups -OCH3 is 2. The molecule has 0 saturated heterocycles. The van der Waals surface area contributed by atoms with E-state index in [1.807, 2.05) is 34.6 Å². The summed E-state index contributed by atoms with van der Waals surface area (Å²) in [7, 11) is 3.03. The summed E-state index contributed by atoms with van der Waals surface area (Å²) in [4.78, 5) is 29.5. The van der Waals surface area contributed by atoms with Crippen LogP contribution in [0.5, 0.6) is 11.5 Å². The Morgan fingerprint density at radius 3 is 2.49 bits per heavy atom. The summed E-state index contributed by atoms with van der Waals surface area (Å²) in [6, 6.07) is 7.77. The Labute approximate surface area is 204 Å². The molecule has 0 bridgehead atoms. The quantitative estimate of drug-likeness (QED) is 0.491. The maximum atomic E-state index is 13.7. The molecule has 1 N–H and O–H groups in total. The number of hydrogen-bond donors (Lipinski definition) is 1. The first-order chi connectivity index (χ1) is 16.6. The lowest BCUT2D eigenvalue weighted by Gasteiger charge is -2.33. The molecule has 3 aromatic rings. The number of furan rings is 1. The second kappa shape index (κ2) is 10.6. The molecule has 35 heavy (non-hydrogen) atoms. The zero-order chi connectivity index (χ0) is 25.8. The Morgan fingerprint density at radius 2 is 1.91 bits per heavy atom. The lowest BCUT2D eigenvalue weighted by Crippen LogP contribution is -2.54. The minimum Gasteiger partial charge on any atom is -0.497 e. The van der Waals surface area contributed by atoms with Crippen LogP contribution in [-0.4, -0.2) is 57.8 Å². The maximum absolute atomic E-state index is 13.7. The fraction of sp³-hybridized carbons (Fsp3) is 0.458. The van der Waals surface area contributed by atoms with E-state index in [9.17, 15) is 9.59 Å². The Balaban J connectivity index is 1.98. The third-order valence-electron chi connectivity index (χ3n) is 5.10. The molecule has 188 valence electrons. The van der Waals surface area contributed by atoms with Gasteiger partial charge in [0.05, 0.1) is 19.9 Å². The molecule has 0 aliphatic carbocycles. The van der Waals surface area contributed by atoms with E-state index in [4.69, 9.17) is 13.9 Å². The first kappa shape index (κ1) is 25.7. The van der Waals surface area contributed by atoms with Gasteiger partial charge in [-0.2, -0.15) is 4.80 Å². The minimum atomic E-state index is -0.806. The smallest absolute Gasteiger partial charge is 0.251 e. The van der Waals surface area contributed by atoms with Gasteiger partial charge in [0.1, 0.15) is 29.8 Å². The predicted molar refractivity (Wildman–Crippen MR) is 129 cm³/mol. The van der Waals surface area contributed by atoms with Crippen molar-refractivity contribution in [3.63, 3.8) is 0 Å². The van der Waals surface area contributed by atoms with Gasteiger partial charge in [-0.25, -0.2) is 0 Å². The fourth-order valence-corrected chi connectivity index (χ4v) is 3.56. The first-order valence-electron chi connectivity index (χ1n) is 11.3. The molecule has 11 heteroatoms. The highest BCUT2D eigenvalue weighted by molar-refractivity contribution is 6.02. The van der Waals surface area contributed by atoms with Gasteiger partial charge in [0.15, 0.2) is 5.76 Å². The van der Waals surface area contributed by atoms with Gasteiger partial charge in [0.25, 0.3) is 5.91 Å². The number of anilines is 1. The molecule has 3 rings (SSSR count). The molecule has 2 aromatic heterocycles. The van der Waals surface area contributed by atoms with Gasteiger partial charge in [-0.05, 0) is 63.6 Å². The van der Waals surface area contributed by atoms with Crippen molar-refractivity contribution in [2.75, 3.05) is 19.1 Å². The molecule has 0 radical (unpaired) electrons. The zero-order valence-corrected chi connectivity index (χ0v) is 21.2. The number of ether oxygens (including phenoxy) is 2. The average molecular weight is 485 g/mol. The summed E-state index contributed by atoms with van der Waals surface area (Å²) in [5.41, 5.74) is -0.0524. The van der Waals surface area contributed by atoms with E-state index in [1.165, 1.54) is 23.9 Å². The number of carbonyl (C=O) groups excluding carboxylic acids is 2. The number of tetrazole rings is 1. The number of nitrogens with zero attached hydrogens (tertiary/aromatic N) is 5. The third-order valence-corrected chi connectivity index (χ3v) is 5.10. The van der Waals surface area contributed by atoms with Gasteiger partial charge in [-0.3, -0.25) is 14.5 Å². The Morgan fingerprint density at radius 1 is 1.17 bits per heavy atom. The molecule has 0 aliphatic heterocycles. The highest BCUT2D eigenvalue weighted by Gasteiger charge is 2.34.